The number of halogens is 2. The maximum atomic E-state index is 12.5. The number of hydrogen-bond donors (Lipinski definition) is 2. The van der Waals surface area contributed by atoms with Crippen molar-refractivity contribution in [2.24, 2.45) is 5.73 Å². The van der Waals surface area contributed by atoms with Gasteiger partial charge in [-0.2, -0.15) is 8.78 Å². The number of alkyl halides is 2. The van der Waals surface area contributed by atoms with Gasteiger partial charge in [0.05, 0.1) is 6.54 Å². The van der Waals surface area contributed by atoms with Gasteiger partial charge in [0.2, 0.25) is 5.89 Å². The van der Waals surface area contributed by atoms with E-state index in [9.17, 15) is 18.4 Å². The number of carbonyl (C=O) groups excluding carboxylic acids is 2. The van der Waals surface area contributed by atoms with E-state index < -0.39 is 18.4 Å². The lowest BCUT2D eigenvalue weighted by Crippen LogP contribution is -2.23. The van der Waals surface area contributed by atoms with Crippen molar-refractivity contribution < 1.29 is 27.5 Å². The summed E-state index contributed by atoms with van der Waals surface area (Å²) >= 11 is 0. The topological polar surface area (TPSA) is 120 Å². The van der Waals surface area contributed by atoms with Gasteiger partial charge in [0.25, 0.3) is 11.8 Å². The van der Waals surface area contributed by atoms with Crippen molar-refractivity contribution in [1.29, 1.82) is 0 Å². The van der Waals surface area contributed by atoms with Crippen molar-refractivity contribution in [3.63, 3.8) is 0 Å². The van der Waals surface area contributed by atoms with Crippen molar-refractivity contribution >= 4 is 12.0 Å². The molecule has 0 saturated carbocycles. The molecule has 0 unspecified atom stereocenters. The summed E-state index contributed by atoms with van der Waals surface area (Å²) in [6, 6.07) is 12.4. The van der Waals surface area contributed by atoms with Gasteiger partial charge in [-0.1, -0.05) is 11.8 Å². The summed E-state index contributed by atoms with van der Waals surface area (Å²) in [6.07, 6.45) is -3.77. The van der Waals surface area contributed by atoms with Crippen LogP contribution in [0.25, 0.3) is 11.5 Å². The van der Waals surface area contributed by atoms with Crippen LogP contribution in [0.2, 0.25) is 0 Å². The lowest BCUT2D eigenvalue weighted by molar-refractivity contribution is 0.0958. The molecule has 3 rings (SSSR count). The molecule has 0 bridgehead atoms. The quantitative estimate of drug-likeness (QED) is 0.622. The molecule has 1 aromatic heterocycles. The molecule has 0 fully saturated rings. The Morgan fingerprint density at radius 3 is 2.40 bits per heavy atom. The Kier molecular flexibility index (Phi) is 6.34. The van der Waals surface area contributed by atoms with Crippen molar-refractivity contribution in [3.05, 3.63) is 65.5 Å². The number of nitrogens with two attached hydrogens (primary N) is 1. The third-order valence-electron chi connectivity index (χ3n) is 3.66. The minimum Gasteiger partial charge on any atom is -0.415 e. The van der Waals surface area contributed by atoms with E-state index in [0.717, 1.165) is 0 Å². The highest BCUT2D eigenvalue weighted by Gasteiger charge is 2.16. The largest absolute Gasteiger partial charge is 0.415 e. The zero-order valence-electron chi connectivity index (χ0n) is 15.3. The molecule has 0 aliphatic rings. The SMILES string of the molecule is NC(=O)Oc1ccc(C(=O)NCC#Cc2ccc(-c3nnc(C(F)F)o3)cc2)cc1. The Hall–Kier alpha value is -4.26. The molecule has 152 valence electrons. The maximum Gasteiger partial charge on any atom is 0.409 e. The molecule has 2 amide bonds. The van der Waals surface area contributed by atoms with Crippen LogP contribution in [0.1, 0.15) is 28.2 Å². The Labute approximate surface area is 169 Å². The molecule has 10 heteroatoms. The third kappa shape index (κ3) is 5.39. The van der Waals surface area contributed by atoms with E-state index in [1.165, 1.54) is 24.3 Å². The summed E-state index contributed by atoms with van der Waals surface area (Å²) in [5, 5.41) is 9.47. The van der Waals surface area contributed by atoms with Crippen molar-refractivity contribution in [2.75, 3.05) is 6.54 Å². The number of rotatable bonds is 5. The molecule has 8 nitrogen and oxygen atoms in total. The Bertz CT molecular complexity index is 1100. The van der Waals surface area contributed by atoms with E-state index in [0.29, 0.717) is 16.7 Å². The van der Waals surface area contributed by atoms with Gasteiger partial charge in [-0.25, -0.2) is 4.79 Å². The number of ether oxygens (including phenoxy) is 1. The van der Waals surface area contributed by atoms with Gasteiger partial charge in [-0.3, -0.25) is 4.79 Å². The molecular formula is C20H14F2N4O4. The van der Waals surface area contributed by atoms with Crippen molar-refractivity contribution in [3.8, 4) is 29.0 Å². The second kappa shape index (κ2) is 9.29. The summed E-state index contributed by atoms with van der Waals surface area (Å²) in [6.45, 7) is 0.0987. The number of carbonyl (C=O) groups is 2. The van der Waals surface area contributed by atoms with Crippen LogP contribution in [0.3, 0.4) is 0 Å². The average molecular weight is 412 g/mol. The Morgan fingerprint density at radius 1 is 1.10 bits per heavy atom. The van der Waals surface area contributed by atoms with Crippen molar-refractivity contribution in [2.45, 2.75) is 6.43 Å². The normalized spacial score (nSPS) is 10.2. The summed E-state index contributed by atoms with van der Waals surface area (Å²) < 4.78 is 34.5. The van der Waals surface area contributed by atoms with Crippen LogP contribution in [0.4, 0.5) is 13.6 Å². The van der Waals surface area contributed by atoms with Gasteiger partial charge in [0.15, 0.2) is 0 Å². The van der Waals surface area contributed by atoms with E-state index in [2.05, 4.69) is 32.1 Å². The highest BCUT2D eigenvalue weighted by Crippen LogP contribution is 2.23. The van der Waals surface area contributed by atoms with Crippen LogP contribution in [-0.2, 0) is 0 Å². The number of aromatic nitrogens is 2. The summed E-state index contributed by atoms with van der Waals surface area (Å²) in [5.41, 5.74) is 6.40. The lowest BCUT2D eigenvalue weighted by atomic mass is 10.1. The van der Waals surface area contributed by atoms with E-state index >= 15 is 0 Å². The molecule has 0 aliphatic carbocycles. The predicted octanol–water partition coefficient (Wildman–Crippen LogP) is 2.91. The van der Waals surface area contributed by atoms with Gasteiger partial charge < -0.3 is 20.2 Å². The van der Waals surface area contributed by atoms with Crippen molar-refractivity contribution in [1.82, 2.24) is 15.5 Å². The fraction of sp³-hybridized carbons (Fsp3) is 0.100. The lowest BCUT2D eigenvalue weighted by Gasteiger charge is -2.03. The first kappa shape index (κ1) is 20.5. The van der Waals surface area contributed by atoms with E-state index in [1.54, 1.807) is 24.3 Å². The second-order valence-corrected chi connectivity index (χ2v) is 5.75. The van der Waals surface area contributed by atoms with Crippen LogP contribution < -0.4 is 15.8 Å². The smallest absolute Gasteiger partial charge is 0.409 e. The van der Waals surface area contributed by atoms with E-state index in [1.807, 2.05) is 0 Å². The fourth-order valence-electron chi connectivity index (χ4n) is 2.30. The summed E-state index contributed by atoms with van der Waals surface area (Å²) in [4.78, 5) is 22.7. The molecule has 0 aliphatic heterocycles. The molecule has 30 heavy (non-hydrogen) atoms. The van der Waals surface area contributed by atoms with Crippen LogP contribution in [0, 0.1) is 11.8 Å². The highest BCUT2D eigenvalue weighted by atomic mass is 19.3. The van der Waals surface area contributed by atoms with Gasteiger partial charge in [-0.05, 0) is 48.5 Å². The predicted molar refractivity (Wildman–Crippen MR) is 101 cm³/mol. The number of hydrogen-bond acceptors (Lipinski definition) is 6. The summed E-state index contributed by atoms with van der Waals surface area (Å²) in [7, 11) is 0. The second-order valence-electron chi connectivity index (χ2n) is 5.75. The monoisotopic (exact) mass is 412 g/mol. The molecular weight excluding hydrogens is 398 g/mol. The number of nitrogens with zero attached hydrogens (tertiary/aromatic N) is 2. The number of primary amides is 1. The third-order valence-corrected chi connectivity index (χ3v) is 3.66. The highest BCUT2D eigenvalue weighted by molar-refractivity contribution is 5.94. The van der Waals surface area contributed by atoms with Crippen LogP contribution in [0.15, 0.2) is 52.9 Å². The molecule has 1 heterocycles. The van der Waals surface area contributed by atoms with Gasteiger partial charge >= 0.3 is 12.5 Å². The maximum absolute atomic E-state index is 12.5. The molecule has 0 saturated heterocycles. The summed E-state index contributed by atoms with van der Waals surface area (Å²) in [5.74, 6) is 4.79. The zero-order chi connectivity index (χ0) is 21.5. The molecule has 2 aromatic carbocycles. The first-order chi connectivity index (χ1) is 14.4. The molecule has 3 aromatic rings. The molecule has 3 N–H and O–H groups in total. The molecule has 0 atom stereocenters. The van der Waals surface area contributed by atoms with Gasteiger partial charge in [0, 0.05) is 16.7 Å². The first-order valence-electron chi connectivity index (χ1n) is 8.49. The van der Waals surface area contributed by atoms with E-state index in [4.69, 9.17) is 10.2 Å². The minimum absolute atomic E-state index is 0.00989. The first-order valence-corrected chi connectivity index (χ1v) is 8.49. The van der Waals surface area contributed by atoms with Gasteiger partial charge in [0.1, 0.15) is 5.75 Å². The van der Waals surface area contributed by atoms with Crippen LogP contribution in [-0.4, -0.2) is 28.7 Å². The minimum atomic E-state index is -2.83. The number of nitrogens with one attached hydrogen (secondary N) is 1. The Morgan fingerprint density at radius 2 is 1.80 bits per heavy atom. The van der Waals surface area contributed by atoms with E-state index in [-0.39, 0.29) is 24.1 Å². The van der Waals surface area contributed by atoms with Crippen LogP contribution >= 0.6 is 0 Å². The zero-order valence-corrected chi connectivity index (χ0v) is 15.3. The molecule has 0 radical (unpaired) electrons. The molecule has 0 spiro atoms. The number of benzene rings is 2. The fourth-order valence-corrected chi connectivity index (χ4v) is 2.30. The van der Waals surface area contributed by atoms with Gasteiger partial charge in [-0.15, -0.1) is 10.2 Å². The average Bonchev–Trinajstić information content (AvgIpc) is 3.22. The van der Waals surface area contributed by atoms with Crippen LogP contribution in [0.5, 0.6) is 5.75 Å². The Balaban J connectivity index is 1.53. The standard InChI is InChI=1S/C20H14F2N4O4/c21-16(22)19-26-25-18(30-19)14-5-3-12(4-6-14)2-1-11-24-17(27)13-7-9-15(10-8-13)29-20(23)28/h3-10,16H,11H2,(H2,23,28)(H,24,27). The number of amides is 2.